The molecule has 2 aromatic heterocycles. The van der Waals surface area contributed by atoms with Crippen molar-refractivity contribution in [3.8, 4) is 5.95 Å². The molecule has 7 nitrogen and oxygen atoms in total. The molecule has 1 saturated heterocycles. The number of anilines is 2. The van der Waals surface area contributed by atoms with Gasteiger partial charge in [-0.1, -0.05) is 6.92 Å². The van der Waals surface area contributed by atoms with Crippen LogP contribution in [0.1, 0.15) is 26.2 Å². The first-order valence-electron chi connectivity index (χ1n) is 6.99. The molecule has 106 valence electrons. The lowest BCUT2D eigenvalue weighted by atomic mass is 10.0. The minimum Gasteiger partial charge on any atom is -0.368 e. The van der Waals surface area contributed by atoms with Crippen LogP contribution in [0.3, 0.4) is 0 Å². The first-order chi connectivity index (χ1) is 9.72. The summed E-state index contributed by atoms with van der Waals surface area (Å²) < 4.78 is 1.60. The quantitative estimate of drug-likeness (QED) is 0.886. The Morgan fingerprint density at radius 1 is 1.15 bits per heavy atom. The molecule has 1 unspecified atom stereocenters. The molecule has 2 N–H and O–H groups in total. The maximum absolute atomic E-state index is 5.81. The van der Waals surface area contributed by atoms with Crippen molar-refractivity contribution in [1.29, 1.82) is 0 Å². The number of nitrogens with zero attached hydrogens (tertiary/aromatic N) is 6. The Morgan fingerprint density at radius 3 is 2.80 bits per heavy atom. The van der Waals surface area contributed by atoms with Crippen molar-refractivity contribution in [3.63, 3.8) is 0 Å². The Hall–Kier alpha value is -2.18. The summed E-state index contributed by atoms with van der Waals surface area (Å²) in [4.78, 5) is 15.1. The van der Waals surface area contributed by atoms with Crippen LogP contribution in [0.5, 0.6) is 0 Å². The third-order valence-electron chi connectivity index (χ3n) is 3.64. The summed E-state index contributed by atoms with van der Waals surface area (Å²) in [7, 11) is 0. The van der Waals surface area contributed by atoms with Gasteiger partial charge in [-0.3, -0.25) is 0 Å². The molecule has 0 bridgehead atoms. The van der Waals surface area contributed by atoms with Gasteiger partial charge in [-0.15, -0.1) is 0 Å². The molecule has 0 amide bonds. The van der Waals surface area contributed by atoms with Gasteiger partial charge in [0.15, 0.2) is 0 Å². The van der Waals surface area contributed by atoms with Crippen LogP contribution in [0, 0.1) is 5.92 Å². The average Bonchev–Trinajstić information content (AvgIpc) is 2.88. The monoisotopic (exact) mass is 273 g/mol. The lowest BCUT2D eigenvalue weighted by molar-refractivity contribution is 0.521. The van der Waals surface area contributed by atoms with Gasteiger partial charge in [-0.2, -0.15) is 20.1 Å². The van der Waals surface area contributed by atoms with Gasteiger partial charge in [0, 0.05) is 25.5 Å². The van der Waals surface area contributed by atoms with E-state index in [4.69, 9.17) is 5.73 Å². The number of nitrogen functional groups attached to an aromatic ring is 1. The molecule has 3 rings (SSSR count). The molecule has 20 heavy (non-hydrogen) atoms. The highest BCUT2D eigenvalue weighted by molar-refractivity contribution is 5.37. The fraction of sp³-hybridized carbons (Fsp3) is 0.538. The summed E-state index contributed by atoms with van der Waals surface area (Å²) in [5.41, 5.74) is 5.81. The lowest BCUT2D eigenvalue weighted by Gasteiger charge is -2.20. The van der Waals surface area contributed by atoms with Crippen molar-refractivity contribution in [1.82, 2.24) is 24.7 Å². The van der Waals surface area contributed by atoms with E-state index < -0.39 is 0 Å². The molecular formula is C13H19N7. The van der Waals surface area contributed by atoms with Crippen LogP contribution >= 0.6 is 0 Å². The summed E-state index contributed by atoms with van der Waals surface area (Å²) in [5, 5.41) is 4.13. The number of nitrogens with two attached hydrogens (primary N) is 1. The molecule has 2 aromatic rings. The van der Waals surface area contributed by atoms with Crippen LogP contribution in [-0.4, -0.2) is 37.8 Å². The minimum atomic E-state index is 0.234. The Balaban J connectivity index is 1.89. The average molecular weight is 273 g/mol. The lowest BCUT2D eigenvalue weighted by Crippen LogP contribution is -2.27. The molecular weight excluding hydrogens is 254 g/mol. The fourth-order valence-corrected chi connectivity index (χ4v) is 2.46. The molecule has 1 aliphatic rings. The maximum atomic E-state index is 5.81. The van der Waals surface area contributed by atoms with Crippen LogP contribution < -0.4 is 10.6 Å². The fourth-order valence-electron chi connectivity index (χ4n) is 2.46. The van der Waals surface area contributed by atoms with Gasteiger partial charge in [0.05, 0.1) is 0 Å². The Morgan fingerprint density at radius 2 is 2.00 bits per heavy atom. The normalized spacial score (nSPS) is 19.9. The van der Waals surface area contributed by atoms with Gasteiger partial charge in [0.1, 0.15) is 0 Å². The molecule has 7 heteroatoms. The Bertz CT molecular complexity index is 566. The molecule has 0 aliphatic carbocycles. The van der Waals surface area contributed by atoms with E-state index in [2.05, 4.69) is 31.9 Å². The maximum Gasteiger partial charge on any atom is 0.257 e. The van der Waals surface area contributed by atoms with Gasteiger partial charge >= 0.3 is 0 Å². The zero-order valence-electron chi connectivity index (χ0n) is 11.6. The third kappa shape index (κ3) is 2.71. The van der Waals surface area contributed by atoms with Crippen LogP contribution in [0.15, 0.2) is 18.5 Å². The predicted molar refractivity (Wildman–Crippen MR) is 76.6 cm³/mol. The van der Waals surface area contributed by atoms with Crippen molar-refractivity contribution in [3.05, 3.63) is 18.5 Å². The van der Waals surface area contributed by atoms with E-state index in [0.29, 0.717) is 11.9 Å². The molecule has 0 saturated carbocycles. The zero-order chi connectivity index (χ0) is 13.9. The van der Waals surface area contributed by atoms with Crippen molar-refractivity contribution in [2.45, 2.75) is 26.2 Å². The van der Waals surface area contributed by atoms with Crippen molar-refractivity contribution >= 4 is 11.9 Å². The van der Waals surface area contributed by atoms with Crippen molar-refractivity contribution < 1.29 is 0 Å². The second kappa shape index (κ2) is 5.44. The molecule has 1 atom stereocenters. The molecule has 0 aromatic carbocycles. The number of rotatable bonds is 2. The highest BCUT2D eigenvalue weighted by atomic mass is 15.4. The van der Waals surface area contributed by atoms with Gasteiger partial charge in [0.2, 0.25) is 11.9 Å². The minimum absolute atomic E-state index is 0.234. The first-order valence-corrected chi connectivity index (χ1v) is 6.99. The summed E-state index contributed by atoms with van der Waals surface area (Å²) in [6.07, 6.45) is 7.05. The second-order valence-electron chi connectivity index (χ2n) is 5.27. The SMILES string of the molecule is CC1CCCN(c2nc(N)nc(-n3cccn3)n2)CC1. The van der Waals surface area contributed by atoms with E-state index in [1.54, 1.807) is 17.1 Å². The number of hydrogen-bond donors (Lipinski definition) is 1. The summed E-state index contributed by atoms with van der Waals surface area (Å²) in [6, 6.07) is 1.83. The third-order valence-corrected chi connectivity index (χ3v) is 3.64. The van der Waals surface area contributed by atoms with E-state index in [-0.39, 0.29) is 5.95 Å². The number of aromatic nitrogens is 5. The smallest absolute Gasteiger partial charge is 0.257 e. The molecule has 3 heterocycles. The standard InChI is InChI=1S/C13H19N7/c1-10-4-2-7-19(9-5-10)12-16-11(14)17-13(18-12)20-8-3-6-15-20/h3,6,8,10H,2,4-5,7,9H2,1H3,(H2,14,16,17,18). The van der Waals surface area contributed by atoms with Crippen LogP contribution in [-0.2, 0) is 0 Å². The van der Waals surface area contributed by atoms with E-state index in [1.807, 2.05) is 6.07 Å². The molecule has 1 fully saturated rings. The largest absolute Gasteiger partial charge is 0.368 e. The van der Waals surface area contributed by atoms with Gasteiger partial charge in [-0.25, -0.2) is 4.68 Å². The topological polar surface area (TPSA) is 85.8 Å². The van der Waals surface area contributed by atoms with E-state index in [0.717, 1.165) is 31.8 Å². The van der Waals surface area contributed by atoms with E-state index in [1.165, 1.54) is 6.42 Å². The summed E-state index contributed by atoms with van der Waals surface area (Å²) >= 11 is 0. The van der Waals surface area contributed by atoms with Crippen LogP contribution in [0.2, 0.25) is 0 Å². The first kappa shape index (κ1) is 12.8. The predicted octanol–water partition coefficient (Wildman–Crippen LogP) is 1.27. The highest BCUT2D eigenvalue weighted by Crippen LogP contribution is 2.20. The van der Waals surface area contributed by atoms with E-state index in [9.17, 15) is 0 Å². The van der Waals surface area contributed by atoms with Crippen molar-refractivity contribution in [2.75, 3.05) is 23.7 Å². The van der Waals surface area contributed by atoms with Gasteiger partial charge < -0.3 is 10.6 Å². The summed E-state index contributed by atoms with van der Waals surface area (Å²) in [5.74, 6) is 2.11. The Kier molecular flexibility index (Phi) is 3.49. The van der Waals surface area contributed by atoms with Gasteiger partial charge in [-0.05, 0) is 31.2 Å². The molecule has 0 radical (unpaired) electrons. The number of hydrogen-bond acceptors (Lipinski definition) is 6. The summed E-state index contributed by atoms with van der Waals surface area (Å²) in [6.45, 7) is 4.22. The highest BCUT2D eigenvalue weighted by Gasteiger charge is 2.18. The molecule has 0 spiro atoms. The van der Waals surface area contributed by atoms with Crippen LogP contribution in [0.25, 0.3) is 5.95 Å². The second-order valence-corrected chi connectivity index (χ2v) is 5.27. The zero-order valence-corrected chi connectivity index (χ0v) is 11.6. The molecule has 1 aliphatic heterocycles. The van der Waals surface area contributed by atoms with Crippen LogP contribution in [0.4, 0.5) is 11.9 Å². The van der Waals surface area contributed by atoms with Crippen molar-refractivity contribution in [2.24, 2.45) is 5.92 Å². The Labute approximate surface area is 117 Å². The van der Waals surface area contributed by atoms with E-state index >= 15 is 0 Å². The van der Waals surface area contributed by atoms with Gasteiger partial charge in [0.25, 0.3) is 5.95 Å².